The zero-order valence-electron chi connectivity index (χ0n) is 20.9. The summed E-state index contributed by atoms with van der Waals surface area (Å²) in [5.74, 6) is 0.446. The summed E-state index contributed by atoms with van der Waals surface area (Å²) in [7, 11) is 0. The summed E-state index contributed by atoms with van der Waals surface area (Å²) < 4.78 is 21.2. The number of nitrogens with zero attached hydrogens (tertiary/aromatic N) is 5. The van der Waals surface area contributed by atoms with Crippen LogP contribution in [0.2, 0.25) is 0 Å². The zero-order valence-corrected chi connectivity index (χ0v) is 20.9. The van der Waals surface area contributed by atoms with Gasteiger partial charge in [0.25, 0.3) is 0 Å². The van der Waals surface area contributed by atoms with Crippen LogP contribution in [0.4, 0.5) is 21.6 Å². The Labute approximate surface area is 219 Å². The smallest absolute Gasteiger partial charge is 0.246 e. The van der Waals surface area contributed by atoms with Crippen LogP contribution in [0.1, 0.15) is 19.3 Å². The second-order valence-corrected chi connectivity index (χ2v) is 9.20. The molecule has 1 atom stereocenters. The molecule has 4 aromatic rings. The molecule has 2 aromatic heterocycles. The lowest BCUT2D eigenvalue weighted by molar-refractivity contribution is -0.116. The van der Waals surface area contributed by atoms with Crippen LogP contribution in [0, 0.1) is 5.82 Å². The number of nitrogens with one attached hydrogen (secondary N) is 2. The largest absolute Gasteiger partial charge is 0.493 e. The van der Waals surface area contributed by atoms with Gasteiger partial charge in [-0.15, -0.1) is 0 Å². The molecule has 0 bridgehead atoms. The van der Waals surface area contributed by atoms with Crippen LogP contribution < -0.4 is 15.4 Å². The van der Waals surface area contributed by atoms with Gasteiger partial charge in [-0.3, -0.25) is 14.4 Å². The maximum absolute atomic E-state index is 13.8. The van der Waals surface area contributed by atoms with Crippen molar-refractivity contribution in [2.45, 2.75) is 31.8 Å². The summed E-state index contributed by atoms with van der Waals surface area (Å²) in [4.78, 5) is 23.4. The van der Waals surface area contributed by atoms with Gasteiger partial charge in [-0.05, 0) is 50.1 Å². The van der Waals surface area contributed by atoms with Gasteiger partial charge in [0, 0.05) is 30.2 Å². The molecule has 38 heavy (non-hydrogen) atoms. The lowest BCUT2D eigenvalue weighted by atomic mass is 10.2. The Bertz CT molecular complexity index is 1400. The summed E-state index contributed by atoms with van der Waals surface area (Å²) >= 11 is 0. The minimum absolute atomic E-state index is 0.0698. The number of hydrogen-bond acceptors (Lipinski definition) is 8. The average molecular weight is 520 g/mol. The van der Waals surface area contributed by atoms with Crippen molar-refractivity contribution in [2.24, 2.45) is 0 Å². The number of carbonyl (C=O) groups excluding carboxylic acids is 1. The monoisotopic (exact) mass is 519 g/mol. The zero-order chi connectivity index (χ0) is 26.3. The molecule has 0 spiro atoms. The second kappa shape index (κ2) is 12.0. The molecule has 0 radical (unpaired) electrons. The van der Waals surface area contributed by atoms with Crippen LogP contribution in [0.3, 0.4) is 0 Å². The number of aliphatic hydroxyl groups is 1. The highest BCUT2D eigenvalue weighted by molar-refractivity contribution is 5.92. The fourth-order valence-corrected chi connectivity index (χ4v) is 4.63. The van der Waals surface area contributed by atoms with E-state index in [0.717, 1.165) is 49.0 Å². The van der Waals surface area contributed by atoms with Crippen molar-refractivity contribution in [3.8, 4) is 5.75 Å². The van der Waals surface area contributed by atoms with Crippen molar-refractivity contribution >= 4 is 34.0 Å². The number of aliphatic hydroxyl groups excluding tert-OH is 1. The van der Waals surface area contributed by atoms with Gasteiger partial charge in [0.1, 0.15) is 30.3 Å². The number of rotatable bonds is 11. The molecule has 1 unspecified atom stereocenters. The number of para-hydroxylation sites is 1. The van der Waals surface area contributed by atoms with E-state index in [9.17, 15) is 14.3 Å². The molecule has 0 aliphatic carbocycles. The van der Waals surface area contributed by atoms with E-state index in [-0.39, 0.29) is 24.9 Å². The Morgan fingerprint density at radius 1 is 1.21 bits per heavy atom. The minimum Gasteiger partial charge on any atom is -0.493 e. The molecule has 11 heteroatoms. The van der Waals surface area contributed by atoms with Gasteiger partial charge >= 0.3 is 0 Å². The Hall–Kier alpha value is -4.09. The number of hydrogen-bond donors (Lipinski definition) is 3. The second-order valence-electron chi connectivity index (χ2n) is 9.20. The Kier molecular flexibility index (Phi) is 8.05. The van der Waals surface area contributed by atoms with Crippen LogP contribution in [0.15, 0.2) is 61.2 Å². The highest BCUT2D eigenvalue weighted by atomic mass is 19.1. The van der Waals surface area contributed by atoms with Crippen molar-refractivity contribution in [2.75, 3.05) is 36.9 Å². The van der Waals surface area contributed by atoms with Gasteiger partial charge in [0.2, 0.25) is 5.91 Å². The normalized spacial score (nSPS) is 15.6. The molecular weight excluding hydrogens is 489 g/mol. The predicted molar refractivity (Wildman–Crippen MR) is 142 cm³/mol. The molecule has 1 fully saturated rings. The van der Waals surface area contributed by atoms with Crippen LogP contribution in [-0.2, 0) is 11.3 Å². The summed E-state index contributed by atoms with van der Waals surface area (Å²) in [6.45, 7) is 2.67. The molecule has 1 aliphatic heterocycles. The molecule has 1 aliphatic rings. The molecule has 10 nitrogen and oxygen atoms in total. The number of anilines is 3. The van der Waals surface area contributed by atoms with Gasteiger partial charge in [-0.25, -0.2) is 14.4 Å². The van der Waals surface area contributed by atoms with E-state index >= 15 is 0 Å². The highest BCUT2D eigenvalue weighted by Gasteiger charge is 2.22. The number of likely N-dealkylation sites (tertiary alicyclic amines) is 1. The first-order valence-electron chi connectivity index (χ1n) is 12.7. The molecule has 5 rings (SSSR count). The Morgan fingerprint density at radius 3 is 2.97 bits per heavy atom. The van der Waals surface area contributed by atoms with Crippen molar-refractivity contribution in [3.05, 3.63) is 67.0 Å². The van der Waals surface area contributed by atoms with Crippen LogP contribution >= 0.6 is 0 Å². The number of benzene rings is 2. The number of aromatic nitrogens is 4. The average Bonchev–Trinajstić information content (AvgIpc) is 3.57. The molecule has 2 aromatic carbocycles. The van der Waals surface area contributed by atoms with Gasteiger partial charge < -0.3 is 20.5 Å². The molecule has 3 heterocycles. The number of carbonyl (C=O) groups is 1. The summed E-state index contributed by atoms with van der Waals surface area (Å²) in [5.41, 5.74) is 1.50. The van der Waals surface area contributed by atoms with Gasteiger partial charge in [0.15, 0.2) is 0 Å². The third kappa shape index (κ3) is 6.24. The third-order valence-corrected chi connectivity index (χ3v) is 6.53. The van der Waals surface area contributed by atoms with Crippen molar-refractivity contribution in [3.63, 3.8) is 0 Å². The predicted octanol–water partition coefficient (Wildman–Crippen LogP) is 3.57. The van der Waals surface area contributed by atoms with Gasteiger partial charge in [0.05, 0.1) is 36.3 Å². The fraction of sp³-hybridized carbons (Fsp3) is 0.333. The molecule has 0 saturated carbocycles. The van der Waals surface area contributed by atoms with E-state index in [0.29, 0.717) is 18.1 Å². The van der Waals surface area contributed by atoms with Crippen molar-refractivity contribution < 1.29 is 19.0 Å². The third-order valence-electron chi connectivity index (χ3n) is 6.53. The Morgan fingerprint density at radius 2 is 2.11 bits per heavy atom. The number of ether oxygens (including phenoxy) is 1. The lowest BCUT2D eigenvalue weighted by Gasteiger charge is -2.22. The molecule has 198 valence electrons. The minimum atomic E-state index is -0.494. The summed E-state index contributed by atoms with van der Waals surface area (Å²) in [5, 5.41) is 20.2. The maximum Gasteiger partial charge on any atom is 0.246 e. The van der Waals surface area contributed by atoms with Crippen LogP contribution in [0.25, 0.3) is 10.9 Å². The number of halogens is 1. The standard InChI is InChI=1S/C27H30FN7O3/c28-23-6-1-2-7-24(23)33-26(37)16-35-15-19(14-31-35)32-27-22-9-8-21(13-25(22)29-18-30-27)38-12-4-11-34-10-3-5-20(34)17-36/h1-2,6-9,13-15,18,20,36H,3-5,10-12,16-17H2,(H,33,37)(H,29,30,32). The first-order chi connectivity index (χ1) is 18.6. The topological polar surface area (TPSA) is 117 Å². The molecular formula is C27H30FN7O3. The van der Waals surface area contributed by atoms with E-state index in [1.165, 1.54) is 23.1 Å². The molecule has 1 amide bonds. The molecule has 1 saturated heterocycles. The maximum atomic E-state index is 13.8. The Balaban J connectivity index is 1.16. The van der Waals surface area contributed by atoms with Crippen LogP contribution in [-0.4, -0.2) is 68.0 Å². The highest BCUT2D eigenvalue weighted by Crippen LogP contribution is 2.26. The van der Waals surface area contributed by atoms with Crippen molar-refractivity contribution in [1.82, 2.24) is 24.6 Å². The number of fused-ring (bicyclic) bond motifs is 1. The van der Waals surface area contributed by atoms with E-state index in [1.54, 1.807) is 24.5 Å². The summed E-state index contributed by atoms with van der Waals surface area (Å²) in [6, 6.07) is 12.0. The molecule has 3 N–H and O–H groups in total. The number of amides is 1. The fourth-order valence-electron chi connectivity index (χ4n) is 4.63. The lowest BCUT2D eigenvalue weighted by Crippen LogP contribution is -2.33. The van der Waals surface area contributed by atoms with E-state index in [1.807, 2.05) is 18.2 Å². The van der Waals surface area contributed by atoms with E-state index in [4.69, 9.17) is 4.74 Å². The van der Waals surface area contributed by atoms with Gasteiger partial charge in [-0.2, -0.15) is 5.10 Å². The van der Waals surface area contributed by atoms with E-state index in [2.05, 4.69) is 30.6 Å². The van der Waals surface area contributed by atoms with Crippen LogP contribution in [0.5, 0.6) is 5.75 Å². The first kappa shape index (κ1) is 25.6. The SMILES string of the molecule is O=C(Cn1cc(Nc2ncnc3cc(OCCCN4CCCC4CO)ccc23)cn1)Nc1ccccc1F. The quantitative estimate of drug-likeness (QED) is 0.258. The van der Waals surface area contributed by atoms with E-state index < -0.39 is 11.7 Å². The van der Waals surface area contributed by atoms with Gasteiger partial charge in [-0.1, -0.05) is 12.1 Å². The summed E-state index contributed by atoms with van der Waals surface area (Å²) in [6.07, 6.45) is 7.82. The van der Waals surface area contributed by atoms with Crippen molar-refractivity contribution in [1.29, 1.82) is 0 Å². The first-order valence-corrected chi connectivity index (χ1v) is 12.7.